The Hall–Kier alpha value is -1.26. The van der Waals surface area contributed by atoms with E-state index in [1.54, 1.807) is 19.1 Å². The number of aliphatic hydroxyl groups excluding tert-OH is 1. The Morgan fingerprint density at radius 2 is 2.17 bits per heavy atom. The standard InChI is InChI=1S/C13H19ClN2O2/c1-4-13(3,8-17)16-12(18)15-11-6-5-9(2)7-10(11)14/h5-7,17H,4,8H2,1-3H3,(H2,15,16,18). The molecule has 0 aliphatic rings. The predicted molar refractivity (Wildman–Crippen MR) is 74.1 cm³/mol. The minimum Gasteiger partial charge on any atom is -0.394 e. The van der Waals surface area contributed by atoms with Crippen LogP contribution in [0.25, 0.3) is 0 Å². The minimum absolute atomic E-state index is 0.113. The first-order valence-corrected chi connectivity index (χ1v) is 6.24. The molecular weight excluding hydrogens is 252 g/mol. The number of anilines is 1. The lowest BCUT2D eigenvalue weighted by Crippen LogP contribution is -2.50. The van der Waals surface area contributed by atoms with Gasteiger partial charge in [0.15, 0.2) is 0 Å². The van der Waals surface area contributed by atoms with Crippen LogP contribution < -0.4 is 10.6 Å². The van der Waals surface area contributed by atoms with Gasteiger partial charge in [0.1, 0.15) is 0 Å². The van der Waals surface area contributed by atoms with Crippen LogP contribution in [0.3, 0.4) is 0 Å². The predicted octanol–water partition coefficient (Wildman–Crippen LogP) is 2.93. The van der Waals surface area contributed by atoms with Crippen LogP contribution in [0, 0.1) is 6.92 Å². The van der Waals surface area contributed by atoms with Gasteiger partial charge >= 0.3 is 6.03 Å². The third-order valence-electron chi connectivity index (χ3n) is 2.92. The van der Waals surface area contributed by atoms with E-state index in [4.69, 9.17) is 11.6 Å². The number of carbonyl (C=O) groups is 1. The highest BCUT2D eigenvalue weighted by Crippen LogP contribution is 2.22. The first-order valence-electron chi connectivity index (χ1n) is 5.86. The number of aryl methyl sites for hydroxylation is 1. The van der Waals surface area contributed by atoms with Gasteiger partial charge in [0.25, 0.3) is 0 Å². The number of aliphatic hydroxyl groups is 1. The molecule has 2 amide bonds. The maximum Gasteiger partial charge on any atom is 0.319 e. The number of hydrogen-bond acceptors (Lipinski definition) is 2. The molecule has 0 aromatic heterocycles. The van der Waals surface area contributed by atoms with Crippen LogP contribution in [-0.2, 0) is 0 Å². The molecule has 0 bridgehead atoms. The second-order valence-corrected chi connectivity index (χ2v) is 5.04. The molecule has 4 nitrogen and oxygen atoms in total. The van der Waals surface area contributed by atoms with E-state index in [0.29, 0.717) is 17.1 Å². The lowest BCUT2D eigenvalue weighted by atomic mass is 10.0. The van der Waals surface area contributed by atoms with Gasteiger partial charge in [0, 0.05) is 0 Å². The molecule has 3 N–H and O–H groups in total. The summed E-state index contributed by atoms with van der Waals surface area (Å²) >= 11 is 6.02. The Balaban J connectivity index is 2.70. The molecule has 1 aromatic rings. The van der Waals surface area contributed by atoms with Crippen molar-refractivity contribution < 1.29 is 9.90 Å². The van der Waals surface area contributed by atoms with Crippen LogP contribution in [0.15, 0.2) is 18.2 Å². The minimum atomic E-state index is -0.624. The summed E-state index contributed by atoms with van der Waals surface area (Å²) in [7, 11) is 0. The number of benzene rings is 1. The van der Waals surface area contributed by atoms with Crippen molar-refractivity contribution in [2.45, 2.75) is 32.7 Å². The molecule has 5 heteroatoms. The second-order valence-electron chi connectivity index (χ2n) is 4.63. The monoisotopic (exact) mass is 270 g/mol. The second kappa shape index (κ2) is 6.07. The number of hydrogen-bond donors (Lipinski definition) is 3. The number of amides is 2. The van der Waals surface area contributed by atoms with Crippen LogP contribution in [0.1, 0.15) is 25.8 Å². The first-order chi connectivity index (χ1) is 8.40. The summed E-state index contributed by atoms with van der Waals surface area (Å²) in [4.78, 5) is 11.8. The third kappa shape index (κ3) is 3.89. The highest BCUT2D eigenvalue weighted by atomic mass is 35.5. The van der Waals surface area contributed by atoms with Crippen LogP contribution in [-0.4, -0.2) is 23.3 Å². The van der Waals surface area contributed by atoms with Crippen molar-refractivity contribution >= 4 is 23.3 Å². The fourth-order valence-electron chi connectivity index (χ4n) is 1.39. The summed E-state index contributed by atoms with van der Waals surface area (Å²) in [6.45, 7) is 5.49. The smallest absolute Gasteiger partial charge is 0.319 e. The van der Waals surface area contributed by atoms with E-state index in [2.05, 4.69) is 10.6 Å². The average Bonchev–Trinajstić information content (AvgIpc) is 2.32. The van der Waals surface area contributed by atoms with Gasteiger partial charge in [-0.25, -0.2) is 4.79 Å². The van der Waals surface area contributed by atoms with Crippen molar-refractivity contribution in [3.8, 4) is 0 Å². The van der Waals surface area contributed by atoms with E-state index in [1.165, 1.54) is 0 Å². The number of carbonyl (C=O) groups excluding carboxylic acids is 1. The summed E-state index contributed by atoms with van der Waals surface area (Å²) in [6.07, 6.45) is 0.637. The summed E-state index contributed by atoms with van der Waals surface area (Å²) in [6, 6.07) is 5.02. The fourth-order valence-corrected chi connectivity index (χ4v) is 1.67. The fraction of sp³-hybridized carbons (Fsp3) is 0.462. The highest BCUT2D eigenvalue weighted by Gasteiger charge is 2.23. The van der Waals surface area contributed by atoms with Crippen molar-refractivity contribution in [1.82, 2.24) is 5.32 Å². The van der Waals surface area contributed by atoms with Gasteiger partial charge in [0.2, 0.25) is 0 Å². The quantitative estimate of drug-likeness (QED) is 0.788. The van der Waals surface area contributed by atoms with E-state index >= 15 is 0 Å². The molecule has 0 aliphatic heterocycles. The lowest BCUT2D eigenvalue weighted by molar-refractivity contribution is 0.172. The number of nitrogens with one attached hydrogen (secondary N) is 2. The van der Waals surface area contributed by atoms with Crippen LogP contribution in [0.2, 0.25) is 5.02 Å². The van der Waals surface area contributed by atoms with Gasteiger partial charge in [-0.2, -0.15) is 0 Å². The molecular formula is C13H19ClN2O2. The van der Waals surface area contributed by atoms with E-state index in [9.17, 15) is 9.90 Å². The molecule has 1 aromatic carbocycles. The molecule has 0 saturated carbocycles. The van der Waals surface area contributed by atoms with Gasteiger partial charge in [-0.1, -0.05) is 24.6 Å². The van der Waals surface area contributed by atoms with Gasteiger partial charge in [-0.05, 0) is 38.0 Å². The van der Waals surface area contributed by atoms with Gasteiger partial charge in [-0.15, -0.1) is 0 Å². The summed E-state index contributed by atoms with van der Waals surface area (Å²) in [5.74, 6) is 0. The third-order valence-corrected chi connectivity index (χ3v) is 3.23. The van der Waals surface area contributed by atoms with E-state index in [0.717, 1.165) is 5.56 Å². The summed E-state index contributed by atoms with van der Waals surface area (Å²) in [5.41, 5.74) is 0.956. The highest BCUT2D eigenvalue weighted by molar-refractivity contribution is 6.33. The zero-order valence-corrected chi connectivity index (χ0v) is 11.6. The molecule has 0 heterocycles. The molecule has 0 fully saturated rings. The maximum atomic E-state index is 11.8. The molecule has 0 aliphatic carbocycles. The molecule has 1 unspecified atom stereocenters. The Morgan fingerprint density at radius 3 is 2.67 bits per heavy atom. The normalized spacial score (nSPS) is 13.8. The van der Waals surface area contributed by atoms with Crippen molar-refractivity contribution in [2.24, 2.45) is 0 Å². The number of rotatable bonds is 4. The van der Waals surface area contributed by atoms with Gasteiger partial charge in [0.05, 0.1) is 22.9 Å². The molecule has 0 saturated heterocycles. The topological polar surface area (TPSA) is 61.4 Å². The summed E-state index contributed by atoms with van der Waals surface area (Å²) in [5, 5.41) is 15.1. The summed E-state index contributed by atoms with van der Waals surface area (Å²) < 4.78 is 0. The molecule has 0 spiro atoms. The Bertz CT molecular complexity index is 431. The van der Waals surface area contributed by atoms with Crippen LogP contribution in [0.5, 0.6) is 0 Å². The van der Waals surface area contributed by atoms with Crippen molar-refractivity contribution in [3.05, 3.63) is 28.8 Å². The molecule has 0 radical (unpaired) electrons. The van der Waals surface area contributed by atoms with Crippen molar-refractivity contribution in [3.63, 3.8) is 0 Å². The molecule has 1 atom stereocenters. The molecule has 1 rings (SSSR count). The van der Waals surface area contributed by atoms with Crippen LogP contribution >= 0.6 is 11.6 Å². The Kier molecular flexibility index (Phi) is 4.99. The number of urea groups is 1. The zero-order chi connectivity index (χ0) is 13.8. The first kappa shape index (κ1) is 14.8. The zero-order valence-electron chi connectivity index (χ0n) is 10.9. The number of halogens is 1. The van der Waals surface area contributed by atoms with Crippen molar-refractivity contribution in [2.75, 3.05) is 11.9 Å². The van der Waals surface area contributed by atoms with Crippen molar-refractivity contribution in [1.29, 1.82) is 0 Å². The van der Waals surface area contributed by atoms with E-state index in [1.807, 2.05) is 19.9 Å². The average molecular weight is 271 g/mol. The van der Waals surface area contributed by atoms with Gasteiger partial charge in [-0.3, -0.25) is 0 Å². The van der Waals surface area contributed by atoms with Crippen LogP contribution in [0.4, 0.5) is 10.5 Å². The Labute approximate surface area is 112 Å². The SMILES string of the molecule is CCC(C)(CO)NC(=O)Nc1ccc(C)cc1Cl. The lowest BCUT2D eigenvalue weighted by Gasteiger charge is -2.27. The van der Waals surface area contributed by atoms with E-state index in [-0.39, 0.29) is 12.6 Å². The van der Waals surface area contributed by atoms with Gasteiger partial charge < -0.3 is 15.7 Å². The largest absolute Gasteiger partial charge is 0.394 e. The molecule has 100 valence electrons. The molecule has 18 heavy (non-hydrogen) atoms. The Morgan fingerprint density at radius 1 is 1.50 bits per heavy atom. The van der Waals surface area contributed by atoms with E-state index < -0.39 is 5.54 Å². The maximum absolute atomic E-state index is 11.8.